The summed E-state index contributed by atoms with van der Waals surface area (Å²) in [6, 6.07) is 7.25. The number of amides is 1. The maximum Gasteiger partial charge on any atom is 0.322 e. The van der Waals surface area contributed by atoms with Gasteiger partial charge in [-0.25, -0.2) is 17.2 Å². The molecule has 2 rings (SSSR count). The van der Waals surface area contributed by atoms with Gasteiger partial charge in [0.05, 0.1) is 4.90 Å². The first-order chi connectivity index (χ1) is 11.7. The Labute approximate surface area is 141 Å². The summed E-state index contributed by atoms with van der Waals surface area (Å²) in [4.78, 5) is 21.6. The maximum atomic E-state index is 13.2. The highest BCUT2D eigenvalue weighted by Crippen LogP contribution is 2.18. The number of rotatable bonds is 6. The zero-order chi connectivity index (χ0) is 18.6. The number of halogens is 2. The molecule has 0 aromatic heterocycles. The van der Waals surface area contributed by atoms with E-state index in [1.54, 1.807) is 0 Å². The fourth-order valence-corrected chi connectivity index (χ4v) is 2.88. The molecule has 0 unspecified atom stereocenters. The van der Waals surface area contributed by atoms with Crippen molar-refractivity contribution >= 4 is 27.6 Å². The maximum absolute atomic E-state index is 13.2. The molecule has 0 saturated carbocycles. The van der Waals surface area contributed by atoms with E-state index in [4.69, 9.17) is 5.11 Å². The molecular formula is C15H12F2N2O5S. The van der Waals surface area contributed by atoms with Crippen molar-refractivity contribution in [1.29, 1.82) is 0 Å². The highest BCUT2D eigenvalue weighted by Gasteiger charge is 2.17. The van der Waals surface area contributed by atoms with Gasteiger partial charge in [-0.2, -0.15) is 0 Å². The Hall–Kier alpha value is -3.01. The zero-order valence-corrected chi connectivity index (χ0v) is 13.3. The van der Waals surface area contributed by atoms with Crippen LogP contribution in [0.25, 0.3) is 0 Å². The smallest absolute Gasteiger partial charge is 0.322 e. The van der Waals surface area contributed by atoms with Crippen LogP contribution in [-0.2, 0) is 14.8 Å². The number of carboxylic acid groups (broad SMARTS) is 1. The topological polar surface area (TPSA) is 113 Å². The van der Waals surface area contributed by atoms with Crippen molar-refractivity contribution in [2.45, 2.75) is 4.90 Å². The van der Waals surface area contributed by atoms with E-state index in [0.29, 0.717) is 12.1 Å². The fourth-order valence-electron chi connectivity index (χ4n) is 1.81. The molecule has 25 heavy (non-hydrogen) atoms. The van der Waals surface area contributed by atoms with E-state index in [1.165, 1.54) is 24.3 Å². The molecule has 0 saturated heterocycles. The molecule has 1 amide bonds. The van der Waals surface area contributed by atoms with Crippen molar-refractivity contribution in [3.8, 4) is 0 Å². The van der Waals surface area contributed by atoms with Crippen molar-refractivity contribution in [2.75, 3.05) is 11.3 Å². The second-order valence-corrected chi connectivity index (χ2v) is 6.52. The van der Waals surface area contributed by atoms with E-state index in [-0.39, 0.29) is 11.3 Å². The standard InChI is InChI=1S/C15H12F2N2O5S/c16-12-6-5-11(7-13(12)17)25(23,24)19-10-3-1-9(2-4-10)15(22)18-8-14(20)21/h1-7,19H,8H2,(H,18,22)(H,20,21). The van der Waals surface area contributed by atoms with Gasteiger partial charge in [-0.3, -0.25) is 14.3 Å². The molecule has 0 aliphatic heterocycles. The Kier molecular flexibility index (Phi) is 5.32. The van der Waals surface area contributed by atoms with E-state index in [1.807, 2.05) is 0 Å². The third kappa shape index (κ3) is 4.73. The predicted molar refractivity (Wildman–Crippen MR) is 83.6 cm³/mol. The number of carboxylic acids is 1. The minimum Gasteiger partial charge on any atom is -0.480 e. The van der Waals surface area contributed by atoms with Gasteiger partial charge in [-0.05, 0) is 42.5 Å². The monoisotopic (exact) mass is 370 g/mol. The lowest BCUT2D eigenvalue weighted by Crippen LogP contribution is -2.29. The molecule has 7 nitrogen and oxygen atoms in total. The lowest BCUT2D eigenvalue weighted by molar-refractivity contribution is -0.135. The first-order valence-electron chi connectivity index (χ1n) is 6.77. The molecule has 0 aliphatic carbocycles. The van der Waals surface area contributed by atoms with Crippen molar-refractivity contribution in [1.82, 2.24) is 5.32 Å². The molecule has 0 spiro atoms. The quantitative estimate of drug-likeness (QED) is 0.715. The molecule has 0 atom stereocenters. The Morgan fingerprint density at radius 2 is 1.64 bits per heavy atom. The molecule has 0 radical (unpaired) electrons. The predicted octanol–water partition coefficient (Wildman–Crippen LogP) is 1.58. The molecule has 3 N–H and O–H groups in total. The van der Waals surface area contributed by atoms with Crippen LogP contribution in [-0.4, -0.2) is 31.9 Å². The number of hydrogen-bond donors (Lipinski definition) is 3. The number of carbonyl (C=O) groups excluding carboxylic acids is 1. The van der Waals surface area contributed by atoms with Crippen LogP contribution in [0.15, 0.2) is 47.4 Å². The van der Waals surface area contributed by atoms with Crippen molar-refractivity contribution in [3.63, 3.8) is 0 Å². The summed E-state index contributed by atoms with van der Waals surface area (Å²) >= 11 is 0. The Morgan fingerprint density at radius 3 is 2.20 bits per heavy atom. The van der Waals surface area contributed by atoms with Gasteiger partial charge in [0.2, 0.25) is 0 Å². The highest BCUT2D eigenvalue weighted by atomic mass is 32.2. The molecule has 0 aliphatic rings. The molecule has 0 bridgehead atoms. The third-order valence-electron chi connectivity index (χ3n) is 3.00. The molecule has 132 valence electrons. The van der Waals surface area contributed by atoms with Gasteiger partial charge in [0.15, 0.2) is 11.6 Å². The SMILES string of the molecule is O=C(O)CNC(=O)c1ccc(NS(=O)(=O)c2ccc(F)c(F)c2)cc1. The number of benzene rings is 2. The largest absolute Gasteiger partial charge is 0.480 e. The summed E-state index contributed by atoms with van der Waals surface area (Å²) in [5, 5.41) is 10.6. The van der Waals surface area contributed by atoms with Crippen LogP contribution in [0.5, 0.6) is 0 Å². The molecule has 0 fully saturated rings. The Bertz CT molecular complexity index is 914. The lowest BCUT2D eigenvalue weighted by atomic mass is 10.2. The number of nitrogens with one attached hydrogen (secondary N) is 2. The average Bonchev–Trinajstić information content (AvgIpc) is 2.55. The Morgan fingerprint density at radius 1 is 1.00 bits per heavy atom. The van der Waals surface area contributed by atoms with E-state index in [9.17, 15) is 26.8 Å². The molecule has 10 heteroatoms. The molecule has 2 aromatic carbocycles. The minimum atomic E-state index is -4.14. The summed E-state index contributed by atoms with van der Waals surface area (Å²) < 4.78 is 52.4. The molecule has 0 heterocycles. The van der Waals surface area contributed by atoms with Gasteiger partial charge in [-0.1, -0.05) is 0 Å². The highest BCUT2D eigenvalue weighted by molar-refractivity contribution is 7.92. The van der Waals surface area contributed by atoms with Gasteiger partial charge in [0.25, 0.3) is 15.9 Å². The van der Waals surface area contributed by atoms with E-state index >= 15 is 0 Å². The summed E-state index contributed by atoms with van der Waals surface area (Å²) in [5.74, 6) is -4.31. The van der Waals surface area contributed by atoms with Crippen LogP contribution in [0.2, 0.25) is 0 Å². The second-order valence-electron chi connectivity index (χ2n) is 4.84. The van der Waals surface area contributed by atoms with Crippen LogP contribution in [0, 0.1) is 11.6 Å². The van der Waals surface area contributed by atoms with Crippen LogP contribution in [0.3, 0.4) is 0 Å². The zero-order valence-electron chi connectivity index (χ0n) is 12.5. The lowest BCUT2D eigenvalue weighted by Gasteiger charge is -2.09. The summed E-state index contributed by atoms with van der Waals surface area (Å²) in [6.45, 7) is -0.552. The van der Waals surface area contributed by atoms with E-state index in [0.717, 1.165) is 6.07 Å². The Balaban J connectivity index is 2.13. The summed E-state index contributed by atoms with van der Waals surface area (Å²) in [7, 11) is -4.14. The minimum absolute atomic E-state index is 0.0829. The van der Waals surface area contributed by atoms with Gasteiger partial charge in [0, 0.05) is 11.3 Å². The van der Waals surface area contributed by atoms with Crippen LogP contribution >= 0.6 is 0 Å². The van der Waals surface area contributed by atoms with Crippen LogP contribution in [0.1, 0.15) is 10.4 Å². The van der Waals surface area contributed by atoms with E-state index < -0.39 is 45.0 Å². The van der Waals surface area contributed by atoms with Crippen LogP contribution < -0.4 is 10.0 Å². The average molecular weight is 370 g/mol. The molecule has 2 aromatic rings. The van der Waals surface area contributed by atoms with E-state index in [2.05, 4.69) is 10.0 Å². The van der Waals surface area contributed by atoms with Gasteiger partial charge >= 0.3 is 5.97 Å². The number of carbonyl (C=O) groups is 2. The third-order valence-corrected chi connectivity index (χ3v) is 4.38. The number of hydrogen-bond acceptors (Lipinski definition) is 4. The molecular weight excluding hydrogens is 358 g/mol. The van der Waals surface area contributed by atoms with Gasteiger partial charge in [-0.15, -0.1) is 0 Å². The normalized spacial score (nSPS) is 11.0. The number of sulfonamides is 1. The first-order valence-corrected chi connectivity index (χ1v) is 8.25. The van der Waals surface area contributed by atoms with Crippen LogP contribution in [0.4, 0.5) is 14.5 Å². The van der Waals surface area contributed by atoms with Crippen molar-refractivity contribution in [2.24, 2.45) is 0 Å². The first kappa shape index (κ1) is 18.3. The number of anilines is 1. The van der Waals surface area contributed by atoms with Crippen molar-refractivity contribution < 1.29 is 31.9 Å². The second kappa shape index (κ2) is 7.26. The fraction of sp³-hybridized carbons (Fsp3) is 0.0667. The van der Waals surface area contributed by atoms with Gasteiger partial charge < -0.3 is 10.4 Å². The van der Waals surface area contributed by atoms with Crippen molar-refractivity contribution in [3.05, 3.63) is 59.7 Å². The summed E-state index contributed by atoms with van der Waals surface area (Å²) in [6.07, 6.45) is 0. The summed E-state index contributed by atoms with van der Waals surface area (Å²) in [5.41, 5.74) is 0.205. The number of aliphatic carboxylic acids is 1. The van der Waals surface area contributed by atoms with Gasteiger partial charge in [0.1, 0.15) is 6.54 Å².